The molecule has 3 aromatic rings. The van der Waals surface area contributed by atoms with Crippen LogP contribution in [0.5, 0.6) is 0 Å². The Bertz CT molecular complexity index is 855. The molecular formula is C20H19N3O. The Labute approximate surface area is 141 Å². The molecule has 0 saturated carbocycles. The maximum absolute atomic E-state index is 12.8. The first-order valence-corrected chi connectivity index (χ1v) is 8.35. The molecule has 4 nitrogen and oxygen atoms in total. The predicted octanol–water partition coefficient (Wildman–Crippen LogP) is 3.65. The van der Waals surface area contributed by atoms with Crippen LogP contribution in [0, 0.1) is 0 Å². The van der Waals surface area contributed by atoms with Gasteiger partial charge in [0.15, 0.2) is 0 Å². The number of hydrogen-bond donors (Lipinski definition) is 0. The molecule has 2 aromatic heterocycles. The fourth-order valence-corrected chi connectivity index (χ4v) is 3.44. The van der Waals surface area contributed by atoms with Crippen LogP contribution in [0.15, 0.2) is 61.1 Å². The van der Waals surface area contributed by atoms with Crippen LogP contribution >= 0.6 is 0 Å². The first kappa shape index (κ1) is 14.8. The molecule has 0 bridgehead atoms. The number of carbonyl (C=O) groups excluding carboxylic acids is 1. The lowest BCUT2D eigenvalue weighted by atomic mass is 9.90. The number of rotatable bonds is 2. The van der Waals surface area contributed by atoms with Gasteiger partial charge < -0.3 is 4.90 Å². The molecule has 0 spiro atoms. The summed E-state index contributed by atoms with van der Waals surface area (Å²) in [4.78, 5) is 23.1. The smallest absolute Gasteiger partial charge is 0.253 e. The largest absolute Gasteiger partial charge is 0.339 e. The maximum atomic E-state index is 12.8. The van der Waals surface area contributed by atoms with Gasteiger partial charge in [-0.2, -0.15) is 0 Å². The van der Waals surface area contributed by atoms with Crippen LogP contribution in [0.25, 0.3) is 10.9 Å². The molecular weight excluding hydrogens is 298 g/mol. The zero-order valence-electron chi connectivity index (χ0n) is 13.4. The third-order valence-corrected chi connectivity index (χ3v) is 4.81. The molecule has 1 amide bonds. The lowest BCUT2D eigenvalue weighted by Crippen LogP contribution is -2.37. The molecule has 0 unspecified atom stereocenters. The zero-order valence-corrected chi connectivity index (χ0v) is 13.4. The highest BCUT2D eigenvalue weighted by Gasteiger charge is 2.24. The van der Waals surface area contributed by atoms with E-state index in [1.165, 1.54) is 5.56 Å². The van der Waals surface area contributed by atoms with Crippen molar-refractivity contribution in [2.75, 3.05) is 13.1 Å². The number of carbonyl (C=O) groups is 1. The van der Waals surface area contributed by atoms with Gasteiger partial charge in [0, 0.05) is 42.6 Å². The zero-order chi connectivity index (χ0) is 16.4. The molecule has 1 aliphatic heterocycles. The van der Waals surface area contributed by atoms with Gasteiger partial charge in [-0.3, -0.25) is 14.8 Å². The number of amides is 1. The van der Waals surface area contributed by atoms with Gasteiger partial charge in [0.25, 0.3) is 5.91 Å². The summed E-state index contributed by atoms with van der Waals surface area (Å²) in [6, 6.07) is 13.8. The van der Waals surface area contributed by atoms with E-state index in [4.69, 9.17) is 0 Å². The van der Waals surface area contributed by atoms with Gasteiger partial charge in [-0.25, -0.2) is 0 Å². The van der Waals surface area contributed by atoms with Gasteiger partial charge in [-0.1, -0.05) is 6.07 Å². The standard InChI is InChI=1S/C20H19N3O/c24-20(18-3-4-19-17(14-18)2-1-9-22-19)23-12-7-16(8-13-23)15-5-10-21-11-6-15/h1-6,9-11,14,16H,7-8,12-13H2. The Balaban J connectivity index is 1.47. The van der Waals surface area contributed by atoms with E-state index in [9.17, 15) is 4.79 Å². The lowest BCUT2D eigenvalue weighted by molar-refractivity contribution is 0.0713. The molecule has 1 saturated heterocycles. The van der Waals surface area contributed by atoms with Gasteiger partial charge in [0.1, 0.15) is 0 Å². The Morgan fingerprint density at radius 3 is 2.58 bits per heavy atom. The van der Waals surface area contributed by atoms with Gasteiger partial charge >= 0.3 is 0 Å². The van der Waals surface area contributed by atoms with E-state index in [1.807, 2.05) is 47.6 Å². The molecule has 0 aliphatic carbocycles. The summed E-state index contributed by atoms with van der Waals surface area (Å²) in [5.41, 5.74) is 3.00. The second-order valence-electron chi connectivity index (χ2n) is 6.26. The average molecular weight is 317 g/mol. The lowest BCUT2D eigenvalue weighted by Gasteiger charge is -2.32. The van der Waals surface area contributed by atoms with Crippen LogP contribution in [-0.2, 0) is 0 Å². The number of nitrogens with zero attached hydrogens (tertiary/aromatic N) is 3. The van der Waals surface area contributed by atoms with E-state index >= 15 is 0 Å². The number of hydrogen-bond acceptors (Lipinski definition) is 3. The van der Waals surface area contributed by atoms with Crippen molar-refractivity contribution < 1.29 is 4.79 Å². The fourth-order valence-electron chi connectivity index (χ4n) is 3.44. The van der Waals surface area contributed by atoms with Crippen molar-refractivity contribution in [1.29, 1.82) is 0 Å². The number of fused-ring (bicyclic) bond motifs is 1. The van der Waals surface area contributed by atoms with Crippen molar-refractivity contribution in [3.05, 3.63) is 72.2 Å². The molecule has 4 rings (SSSR count). The van der Waals surface area contributed by atoms with Crippen molar-refractivity contribution in [1.82, 2.24) is 14.9 Å². The Morgan fingerprint density at radius 2 is 1.79 bits per heavy atom. The topological polar surface area (TPSA) is 46.1 Å². The highest BCUT2D eigenvalue weighted by molar-refractivity contribution is 5.98. The van der Waals surface area contributed by atoms with E-state index in [2.05, 4.69) is 22.1 Å². The molecule has 1 aliphatic rings. The summed E-state index contributed by atoms with van der Waals surface area (Å²) in [5.74, 6) is 0.645. The van der Waals surface area contributed by atoms with E-state index in [0.29, 0.717) is 5.92 Å². The summed E-state index contributed by atoms with van der Waals surface area (Å²) < 4.78 is 0. The SMILES string of the molecule is O=C(c1ccc2ncccc2c1)N1CCC(c2ccncc2)CC1. The molecule has 4 heteroatoms. The van der Waals surface area contributed by atoms with Crippen molar-refractivity contribution in [3.8, 4) is 0 Å². The minimum absolute atomic E-state index is 0.119. The number of aromatic nitrogens is 2. The first-order chi connectivity index (χ1) is 11.8. The Morgan fingerprint density at radius 1 is 1.00 bits per heavy atom. The average Bonchev–Trinajstić information content (AvgIpc) is 2.68. The summed E-state index contributed by atoms with van der Waals surface area (Å²) in [6.45, 7) is 1.60. The molecule has 3 heterocycles. The highest BCUT2D eigenvalue weighted by atomic mass is 16.2. The third-order valence-electron chi connectivity index (χ3n) is 4.81. The van der Waals surface area contributed by atoms with Crippen molar-refractivity contribution >= 4 is 16.8 Å². The van der Waals surface area contributed by atoms with E-state index in [-0.39, 0.29) is 5.91 Å². The molecule has 0 N–H and O–H groups in total. The second kappa shape index (κ2) is 6.40. The summed E-state index contributed by atoms with van der Waals surface area (Å²) in [7, 11) is 0. The predicted molar refractivity (Wildman–Crippen MR) is 93.9 cm³/mol. The van der Waals surface area contributed by atoms with Crippen LogP contribution in [0.4, 0.5) is 0 Å². The number of benzene rings is 1. The van der Waals surface area contributed by atoms with E-state index < -0.39 is 0 Å². The second-order valence-corrected chi connectivity index (χ2v) is 6.26. The minimum atomic E-state index is 0.119. The monoisotopic (exact) mass is 317 g/mol. The molecule has 24 heavy (non-hydrogen) atoms. The summed E-state index contributed by atoms with van der Waals surface area (Å²) in [5, 5.41) is 1.01. The maximum Gasteiger partial charge on any atom is 0.253 e. The van der Waals surface area contributed by atoms with Gasteiger partial charge in [-0.15, -0.1) is 0 Å². The van der Waals surface area contributed by atoms with Crippen LogP contribution < -0.4 is 0 Å². The number of piperidine rings is 1. The van der Waals surface area contributed by atoms with Crippen molar-refractivity contribution in [2.45, 2.75) is 18.8 Å². The van der Waals surface area contributed by atoms with Crippen LogP contribution in [0.2, 0.25) is 0 Å². The van der Waals surface area contributed by atoms with Crippen molar-refractivity contribution in [3.63, 3.8) is 0 Å². The Hall–Kier alpha value is -2.75. The normalized spacial score (nSPS) is 15.6. The number of likely N-dealkylation sites (tertiary alicyclic amines) is 1. The third kappa shape index (κ3) is 2.87. The quantitative estimate of drug-likeness (QED) is 0.725. The fraction of sp³-hybridized carbons (Fsp3) is 0.250. The minimum Gasteiger partial charge on any atom is -0.339 e. The van der Waals surface area contributed by atoms with Crippen LogP contribution in [-0.4, -0.2) is 33.9 Å². The summed E-state index contributed by atoms with van der Waals surface area (Å²) >= 11 is 0. The first-order valence-electron chi connectivity index (χ1n) is 8.35. The van der Waals surface area contributed by atoms with Gasteiger partial charge in [-0.05, 0) is 60.7 Å². The van der Waals surface area contributed by atoms with Gasteiger partial charge in [0.05, 0.1) is 5.52 Å². The molecule has 0 radical (unpaired) electrons. The highest BCUT2D eigenvalue weighted by Crippen LogP contribution is 2.28. The molecule has 1 fully saturated rings. The van der Waals surface area contributed by atoms with E-state index in [0.717, 1.165) is 42.4 Å². The summed E-state index contributed by atoms with van der Waals surface area (Å²) in [6.07, 6.45) is 7.47. The molecule has 1 aromatic carbocycles. The molecule has 0 atom stereocenters. The van der Waals surface area contributed by atoms with Gasteiger partial charge in [0.2, 0.25) is 0 Å². The van der Waals surface area contributed by atoms with Crippen molar-refractivity contribution in [2.24, 2.45) is 0 Å². The number of pyridine rings is 2. The van der Waals surface area contributed by atoms with Crippen LogP contribution in [0.1, 0.15) is 34.7 Å². The Kier molecular flexibility index (Phi) is 3.95. The van der Waals surface area contributed by atoms with E-state index in [1.54, 1.807) is 6.20 Å². The van der Waals surface area contributed by atoms with Crippen LogP contribution in [0.3, 0.4) is 0 Å². The molecule has 120 valence electrons.